The zero-order valence-corrected chi connectivity index (χ0v) is 12.0. The minimum atomic E-state index is -0.349. The molecule has 1 atom stereocenters. The largest absolute Gasteiger partial charge is 0.326 e. The molecule has 5 heteroatoms. The first-order chi connectivity index (χ1) is 9.61. The van der Waals surface area contributed by atoms with Crippen LogP contribution in [-0.2, 0) is 11.3 Å². The lowest BCUT2D eigenvalue weighted by Crippen LogP contribution is -2.40. The average molecular weight is 275 g/mol. The predicted molar refractivity (Wildman–Crippen MR) is 76.8 cm³/mol. The Labute approximate surface area is 119 Å². The van der Waals surface area contributed by atoms with Gasteiger partial charge < -0.3 is 5.32 Å². The quantitative estimate of drug-likeness (QED) is 0.805. The Bertz CT molecular complexity index is 475. The van der Waals surface area contributed by atoms with Crippen molar-refractivity contribution >= 4 is 11.9 Å². The molecule has 0 aromatic heterocycles. The fourth-order valence-electron chi connectivity index (χ4n) is 2.38. The highest BCUT2D eigenvalue weighted by Gasteiger charge is 2.37. The van der Waals surface area contributed by atoms with E-state index in [9.17, 15) is 9.59 Å². The van der Waals surface area contributed by atoms with Crippen LogP contribution in [0, 0.1) is 0 Å². The van der Waals surface area contributed by atoms with Crippen LogP contribution in [0.2, 0.25) is 0 Å². The molecule has 20 heavy (non-hydrogen) atoms. The van der Waals surface area contributed by atoms with Crippen molar-refractivity contribution < 1.29 is 9.59 Å². The molecule has 1 aliphatic rings. The van der Waals surface area contributed by atoms with Crippen molar-refractivity contribution in [2.24, 2.45) is 0 Å². The van der Waals surface area contributed by atoms with Crippen molar-refractivity contribution in [3.63, 3.8) is 0 Å². The van der Waals surface area contributed by atoms with Crippen LogP contribution in [0.3, 0.4) is 0 Å². The van der Waals surface area contributed by atoms with Gasteiger partial charge in [0.25, 0.3) is 5.91 Å². The zero-order valence-electron chi connectivity index (χ0n) is 12.0. The van der Waals surface area contributed by atoms with Crippen molar-refractivity contribution in [1.29, 1.82) is 0 Å². The van der Waals surface area contributed by atoms with E-state index >= 15 is 0 Å². The monoisotopic (exact) mass is 275 g/mol. The van der Waals surface area contributed by atoms with Gasteiger partial charge in [0.15, 0.2) is 0 Å². The molecule has 1 N–H and O–H groups in total. The van der Waals surface area contributed by atoms with Gasteiger partial charge in [0.05, 0.1) is 6.67 Å². The third-order valence-electron chi connectivity index (χ3n) is 3.36. The molecule has 5 nitrogen and oxygen atoms in total. The van der Waals surface area contributed by atoms with Crippen molar-refractivity contribution in [3.05, 3.63) is 35.9 Å². The van der Waals surface area contributed by atoms with E-state index in [4.69, 9.17) is 0 Å². The molecule has 0 radical (unpaired) electrons. The number of amides is 3. The van der Waals surface area contributed by atoms with Crippen LogP contribution in [0.1, 0.15) is 25.3 Å². The number of carbonyl (C=O) groups is 2. The van der Waals surface area contributed by atoms with Gasteiger partial charge in [-0.2, -0.15) is 0 Å². The molecule has 0 spiro atoms. The molecule has 0 aliphatic carbocycles. The second-order valence-electron chi connectivity index (χ2n) is 5.20. The normalized spacial score (nSPS) is 18.8. The van der Waals surface area contributed by atoms with E-state index in [0.717, 1.165) is 12.0 Å². The van der Waals surface area contributed by atoms with Gasteiger partial charge in [-0.05, 0) is 19.0 Å². The molecular formula is C15H21N3O2. The van der Waals surface area contributed by atoms with Crippen LogP contribution in [0.15, 0.2) is 30.3 Å². The Morgan fingerprint density at radius 3 is 2.60 bits per heavy atom. The summed E-state index contributed by atoms with van der Waals surface area (Å²) in [5.41, 5.74) is 1.16. The summed E-state index contributed by atoms with van der Waals surface area (Å²) in [5, 5.41) is 2.73. The smallest absolute Gasteiger partial charge is 0.325 e. The number of rotatable bonds is 6. The van der Waals surface area contributed by atoms with Crippen LogP contribution >= 0.6 is 0 Å². The van der Waals surface area contributed by atoms with Crippen molar-refractivity contribution in [3.8, 4) is 0 Å². The SMILES string of the molecule is CCC[C@@H]1NC(=O)N(CN(C)Cc2ccccc2)C1=O. The molecule has 0 bridgehead atoms. The predicted octanol–water partition coefficient (Wildman–Crippen LogP) is 1.80. The van der Waals surface area contributed by atoms with Crippen molar-refractivity contribution in [2.45, 2.75) is 32.4 Å². The first-order valence-electron chi connectivity index (χ1n) is 6.96. The highest BCUT2D eigenvalue weighted by Crippen LogP contribution is 2.12. The molecular weight excluding hydrogens is 254 g/mol. The van der Waals surface area contributed by atoms with Crippen LogP contribution < -0.4 is 5.32 Å². The molecule has 1 aliphatic heterocycles. The molecule has 3 amide bonds. The van der Waals surface area contributed by atoms with Crippen LogP contribution in [0.25, 0.3) is 0 Å². The topological polar surface area (TPSA) is 52.7 Å². The zero-order chi connectivity index (χ0) is 14.5. The highest BCUT2D eigenvalue weighted by atomic mass is 16.2. The van der Waals surface area contributed by atoms with Crippen LogP contribution in [0.4, 0.5) is 4.79 Å². The molecule has 108 valence electrons. The van der Waals surface area contributed by atoms with E-state index in [1.807, 2.05) is 49.2 Å². The highest BCUT2D eigenvalue weighted by molar-refractivity contribution is 6.04. The average Bonchev–Trinajstić information content (AvgIpc) is 2.68. The molecule has 1 heterocycles. The number of nitrogens with one attached hydrogen (secondary N) is 1. The molecule has 2 rings (SSSR count). The lowest BCUT2D eigenvalue weighted by molar-refractivity contribution is -0.129. The molecule has 0 saturated carbocycles. The van der Waals surface area contributed by atoms with E-state index in [0.29, 0.717) is 19.6 Å². The summed E-state index contributed by atoms with van der Waals surface area (Å²) in [7, 11) is 1.90. The second kappa shape index (κ2) is 6.52. The number of carbonyl (C=O) groups excluding carboxylic acids is 2. The summed E-state index contributed by atoms with van der Waals surface area (Å²) in [5.74, 6) is -0.114. The summed E-state index contributed by atoms with van der Waals surface area (Å²) in [6.45, 7) is 3.03. The first-order valence-corrected chi connectivity index (χ1v) is 6.96. The number of hydrogen-bond acceptors (Lipinski definition) is 3. The standard InChI is InChI=1S/C15H21N3O2/c1-3-7-13-14(19)18(15(20)16-13)11-17(2)10-12-8-5-4-6-9-12/h4-6,8-9,13H,3,7,10-11H2,1-2H3,(H,16,20)/t13-/m0/s1. The van der Waals surface area contributed by atoms with Crippen molar-refractivity contribution in [2.75, 3.05) is 13.7 Å². The minimum Gasteiger partial charge on any atom is -0.326 e. The molecule has 0 unspecified atom stereocenters. The second-order valence-corrected chi connectivity index (χ2v) is 5.20. The maximum absolute atomic E-state index is 12.1. The Hall–Kier alpha value is -1.88. The fourth-order valence-corrected chi connectivity index (χ4v) is 2.38. The summed E-state index contributed by atoms with van der Waals surface area (Å²) in [6.07, 6.45) is 1.58. The number of urea groups is 1. The summed E-state index contributed by atoms with van der Waals surface area (Å²) in [6, 6.07) is 9.36. The number of imide groups is 1. The van der Waals surface area contributed by atoms with E-state index < -0.39 is 0 Å². The Morgan fingerprint density at radius 2 is 1.95 bits per heavy atom. The van der Waals surface area contributed by atoms with E-state index in [1.54, 1.807) is 0 Å². The van der Waals surface area contributed by atoms with Gasteiger partial charge in [-0.1, -0.05) is 43.7 Å². The summed E-state index contributed by atoms with van der Waals surface area (Å²) in [4.78, 5) is 27.2. The van der Waals surface area contributed by atoms with Gasteiger partial charge in [-0.15, -0.1) is 0 Å². The van der Waals surface area contributed by atoms with Gasteiger partial charge in [0.1, 0.15) is 6.04 Å². The minimum absolute atomic E-state index is 0.114. The lowest BCUT2D eigenvalue weighted by atomic mass is 10.2. The molecule has 1 aromatic carbocycles. The maximum Gasteiger partial charge on any atom is 0.325 e. The number of hydrogen-bond donors (Lipinski definition) is 1. The first kappa shape index (κ1) is 14.5. The Kier molecular flexibility index (Phi) is 4.74. The fraction of sp³-hybridized carbons (Fsp3) is 0.467. The van der Waals surface area contributed by atoms with Crippen LogP contribution in [0.5, 0.6) is 0 Å². The van der Waals surface area contributed by atoms with E-state index in [2.05, 4.69) is 5.32 Å². The molecule has 1 fully saturated rings. The van der Waals surface area contributed by atoms with Gasteiger partial charge in [0, 0.05) is 6.54 Å². The Balaban J connectivity index is 1.92. The summed E-state index contributed by atoms with van der Waals surface area (Å²) >= 11 is 0. The van der Waals surface area contributed by atoms with E-state index in [-0.39, 0.29) is 18.0 Å². The van der Waals surface area contributed by atoms with E-state index in [1.165, 1.54) is 4.90 Å². The third-order valence-corrected chi connectivity index (χ3v) is 3.36. The van der Waals surface area contributed by atoms with Gasteiger partial charge in [-0.3, -0.25) is 9.69 Å². The van der Waals surface area contributed by atoms with Gasteiger partial charge in [-0.25, -0.2) is 9.69 Å². The van der Waals surface area contributed by atoms with Crippen molar-refractivity contribution in [1.82, 2.24) is 15.1 Å². The maximum atomic E-state index is 12.1. The summed E-state index contributed by atoms with van der Waals surface area (Å²) < 4.78 is 0. The number of nitrogens with zero attached hydrogens (tertiary/aromatic N) is 2. The van der Waals surface area contributed by atoms with Crippen LogP contribution in [-0.4, -0.2) is 41.5 Å². The van der Waals surface area contributed by atoms with Gasteiger partial charge in [0.2, 0.25) is 0 Å². The Morgan fingerprint density at radius 1 is 1.25 bits per heavy atom. The lowest BCUT2D eigenvalue weighted by Gasteiger charge is -2.22. The van der Waals surface area contributed by atoms with Gasteiger partial charge >= 0.3 is 6.03 Å². The molecule has 1 saturated heterocycles. The molecule has 1 aromatic rings. The third kappa shape index (κ3) is 3.36. The number of benzene rings is 1.